The molecule has 226 valence electrons. The van der Waals surface area contributed by atoms with E-state index in [9.17, 15) is 19.2 Å². The van der Waals surface area contributed by atoms with E-state index in [2.05, 4.69) is 0 Å². The van der Waals surface area contributed by atoms with Gasteiger partial charge in [-0.25, -0.2) is 0 Å². The summed E-state index contributed by atoms with van der Waals surface area (Å²) in [4.78, 5) is 49.6. The van der Waals surface area contributed by atoms with Crippen LogP contribution in [0.25, 0.3) is 0 Å². The minimum absolute atomic E-state index is 0.0884. The zero-order chi connectivity index (χ0) is 30.4. The van der Waals surface area contributed by atoms with Crippen LogP contribution in [0.1, 0.15) is 99.5 Å². The highest BCUT2D eigenvalue weighted by Gasteiger charge is 2.25. The van der Waals surface area contributed by atoms with Crippen molar-refractivity contribution in [3.05, 3.63) is 23.8 Å². The minimum atomic E-state index is -1.02. The molecule has 5 atom stereocenters. The Hall–Kier alpha value is -2.94. The van der Waals surface area contributed by atoms with Crippen molar-refractivity contribution in [1.82, 2.24) is 0 Å². The average molecular weight is 564 g/mol. The largest absolute Gasteiger partial charge is 0.459 e. The van der Waals surface area contributed by atoms with E-state index in [1.54, 1.807) is 26.0 Å². The molecule has 2 unspecified atom stereocenters. The van der Waals surface area contributed by atoms with E-state index < -0.39 is 36.2 Å². The highest BCUT2D eigenvalue weighted by atomic mass is 16.6. The number of hydrogen-bond acceptors (Lipinski definition) is 9. The molecule has 9 nitrogen and oxygen atoms in total. The molecule has 0 heterocycles. The van der Waals surface area contributed by atoms with Gasteiger partial charge in [0.2, 0.25) is 0 Å². The van der Waals surface area contributed by atoms with Gasteiger partial charge in [0.05, 0.1) is 0 Å². The Morgan fingerprint density at radius 3 is 1.80 bits per heavy atom. The van der Waals surface area contributed by atoms with E-state index in [1.807, 2.05) is 41.5 Å². The maximum absolute atomic E-state index is 12.7. The summed E-state index contributed by atoms with van der Waals surface area (Å²) >= 11 is 0. The van der Waals surface area contributed by atoms with Crippen molar-refractivity contribution in [2.45, 2.75) is 119 Å². The van der Waals surface area contributed by atoms with Gasteiger partial charge in [-0.3, -0.25) is 19.2 Å². The molecule has 0 bridgehead atoms. The third kappa shape index (κ3) is 13.4. The first-order valence-corrected chi connectivity index (χ1v) is 14.4. The number of carbonyl (C=O) groups is 4. The summed E-state index contributed by atoms with van der Waals surface area (Å²) < 4.78 is 21.9. The van der Waals surface area contributed by atoms with E-state index >= 15 is 0 Å². The Balaban J connectivity index is 2.92. The van der Waals surface area contributed by atoms with Crippen LogP contribution in [-0.2, 0) is 35.1 Å². The third-order valence-electron chi connectivity index (χ3n) is 6.84. The van der Waals surface area contributed by atoms with E-state index in [4.69, 9.17) is 24.7 Å². The predicted molar refractivity (Wildman–Crippen MR) is 153 cm³/mol. The fourth-order valence-corrected chi connectivity index (χ4v) is 3.50. The first kappa shape index (κ1) is 35.1. The van der Waals surface area contributed by atoms with Gasteiger partial charge in [0.15, 0.2) is 11.5 Å². The fraction of sp³-hybridized carbons (Fsp3) is 0.677. The van der Waals surface area contributed by atoms with Crippen LogP contribution in [-0.4, -0.2) is 42.1 Å². The highest BCUT2D eigenvalue weighted by molar-refractivity contribution is 5.78. The normalized spacial score (nSPS) is 14.9. The van der Waals surface area contributed by atoms with Crippen molar-refractivity contribution >= 4 is 23.9 Å². The third-order valence-corrected chi connectivity index (χ3v) is 6.84. The van der Waals surface area contributed by atoms with Gasteiger partial charge in [0.25, 0.3) is 0 Å². The lowest BCUT2D eigenvalue weighted by Gasteiger charge is -2.22. The van der Waals surface area contributed by atoms with E-state index in [1.165, 1.54) is 6.07 Å². The number of hydrogen-bond donors (Lipinski definition) is 1. The molecule has 0 amide bonds. The van der Waals surface area contributed by atoms with Crippen LogP contribution in [0.3, 0.4) is 0 Å². The second kappa shape index (κ2) is 17.7. The molecular weight excluding hydrogens is 514 g/mol. The number of carbonyl (C=O) groups excluding carboxylic acids is 4. The molecule has 0 aliphatic rings. The van der Waals surface area contributed by atoms with Crippen molar-refractivity contribution in [3.63, 3.8) is 0 Å². The number of ether oxygens (including phenoxy) is 4. The van der Waals surface area contributed by atoms with Gasteiger partial charge in [-0.05, 0) is 62.1 Å². The molecule has 9 heteroatoms. The molecule has 1 aromatic rings. The number of rotatable bonds is 17. The lowest BCUT2D eigenvalue weighted by molar-refractivity contribution is -0.166. The second-order valence-electron chi connectivity index (χ2n) is 11.2. The molecule has 1 rings (SSSR count). The molecule has 0 aliphatic heterocycles. The number of benzene rings is 1. The van der Waals surface area contributed by atoms with Gasteiger partial charge in [0.1, 0.15) is 18.2 Å². The van der Waals surface area contributed by atoms with E-state index in [-0.39, 0.29) is 48.6 Å². The SMILES string of the molecule is CCC(C)CC(=O)Oc1ccc(C[C@H](N)C(=O)O[C@@H](C)[C@H](C)OC(=O)CCC(C)C)cc1OC(=O)CC(C)CC. The Kier molecular flexibility index (Phi) is 15.5. The Labute approximate surface area is 239 Å². The van der Waals surface area contributed by atoms with Crippen molar-refractivity contribution in [2.24, 2.45) is 23.5 Å². The minimum Gasteiger partial charge on any atom is -0.459 e. The maximum Gasteiger partial charge on any atom is 0.323 e. The van der Waals surface area contributed by atoms with Crippen LogP contribution >= 0.6 is 0 Å². The van der Waals surface area contributed by atoms with Crippen LogP contribution in [0.15, 0.2) is 18.2 Å². The first-order valence-electron chi connectivity index (χ1n) is 14.4. The summed E-state index contributed by atoms with van der Waals surface area (Å²) in [5.74, 6) is -0.965. The van der Waals surface area contributed by atoms with Crippen LogP contribution in [0.5, 0.6) is 11.5 Å². The topological polar surface area (TPSA) is 131 Å². The molecule has 0 saturated carbocycles. The Morgan fingerprint density at radius 1 is 0.750 bits per heavy atom. The summed E-state index contributed by atoms with van der Waals surface area (Å²) in [5, 5.41) is 0. The maximum atomic E-state index is 12.7. The van der Waals surface area contributed by atoms with Crippen LogP contribution in [0.2, 0.25) is 0 Å². The highest BCUT2D eigenvalue weighted by Crippen LogP contribution is 2.31. The smallest absolute Gasteiger partial charge is 0.323 e. The predicted octanol–water partition coefficient (Wildman–Crippen LogP) is 5.54. The van der Waals surface area contributed by atoms with Crippen molar-refractivity contribution < 1.29 is 38.1 Å². The Bertz CT molecular complexity index is 976. The molecule has 40 heavy (non-hydrogen) atoms. The average Bonchev–Trinajstić information content (AvgIpc) is 2.88. The number of nitrogens with two attached hydrogens (primary N) is 1. The van der Waals surface area contributed by atoms with Gasteiger partial charge >= 0.3 is 23.9 Å². The lowest BCUT2D eigenvalue weighted by atomic mass is 10.0. The van der Waals surface area contributed by atoms with Crippen LogP contribution < -0.4 is 15.2 Å². The molecule has 0 fully saturated rings. The summed E-state index contributed by atoms with van der Waals surface area (Å²) in [6.45, 7) is 15.2. The summed E-state index contributed by atoms with van der Waals surface area (Å²) in [5.41, 5.74) is 6.72. The van der Waals surface area contributed by atoms with E-state index in [0.717, 1.165) is 19.3 Å². The second-order valence-corrected chi connectivity index (χ2v) is 11.2. The standard InChI is InChI=1S/C31H49NO8/c1-9-20(5)15-29(34)39-26-13-12-24(18-27(26)40-30(35)16-21(6)10-2)17-25(32)31(36)38-23(8)22(7)37-28(33)14-11-19(3)4/h12-13,18-23,25H,9-11,14-17,32H2,1-8H3/t20?,21?,22-,23-,25-/m0/s1. The summed E-state index contributed by atoms with van der Waals surface area (Å²) in [6, 6.07) is 3.73. The summed E-state index contributed by atoms with van der Waals surface area (Å²) in [7, 11) is 0. The molecule has 2 N–H and O–H groups in total. The summed E-state index contributed by atoms with van der Waals surface area (Å²) in [6.07, 6.45) is 1.88. The zero-order valence-corrected chi connectivity index (χ0v) is 25.5. The quantitative estimate of drug-likeness (QED) is 0.192. The molecule has 0 radical (unpaired) electrons. The molecule has 0 spiro atoms. The van der Waals surface area contributed by atoms with Gasteiger partial charge < -0.3 is 24.7 Å². The Morgan fingerprint density at radius 2 is 1.27 bits per heavy atom. The van der Waals surface area contributed by atoms with Gasteiger partial charge in [0, 0.05) is 19.3 Å². The molecule has 0 aromatic heterocycles. The molecule has 0 aliphatic carbocycles. The lowest BCUT2D eigenvalue weighted by Crippen LogP contribution is -2.39. The molecular formula is C31H49NO8. The van der Waals surface area contributed by atoms with Crippen LogP contribution in [0, 0.1) is 17.8 Å². The van der Waals surface area contributed by atoms with Gasteiger partial charge in [-0.15, -0.1) is 0 Å². The van der Waals surface area contributed by atoms with Crippen molar-refractivity contribution in [3.8, 4) is 11.5 Å². The number of esters is 4. The van der Waals surface area contributed by atoms with Crippen LogP contribution in [0.4, 0.5) is 0 Å². The molecule has 1 aromatic carbocycles. The zero-order valence-electron chi connectivity index (χ0n) is 25.5. The van der Waals surface area contributed by atoms with Crippen molar-refractivity contribution in [1.29, 1.82) is 0 Å². The monoisotopic (exact) mass is 563 g/mol. The first-order chi connectivity index (χ1) is 18.7. The van der Waals surface area contributed by atoms with Crippen molar-refractivity contribution in [2.75, 3.05) is 0 Å². The van der Waals surface area contributed by atoms with Gasteiger partial charge in [-0.1, -0.05) is 60.5 Å². The van der Waals surface area contributed by atoms with E-state index in [0.29, 0.717) is 17.9 Å². The molecule has 0 saturated heterocycles. The van der Waals surface area contributed by atoms with Gasteiger partial charge in [-0.2, -0.15) is 0 Å². The fourth-order valence-electron chi connectivity index (χ4n) is 3.50.